The second-order valence-electron chi connectivity index (χ2n) is 10.8. The minimum atomic E-state index is -0.250. The molecule has 4 nitrogen and oxygen atoms in total. The second kappa shape index (κ2) is 6.01. The van der Waals surface area contributed by atoms with Crippen LogP contribution in [0.5, 0.6) is 11.5 Å². The SMILES string of the molecule is COc1ccc(C)c2c1OC1[C@]23CCN[C@H](C)C3=C2C[C@@]1(OC)[C@H]2CC(C)(C)C. The van der Waals surface area contributed by atoms with Crippen LogP contribution in [0.3, 0.4) is 0 Å². The number of piperidine rings is 1. The van der Waals surface area contributed by atoms with Crippen molar-refractivity contribution in [3.05, 3.63) is 34.4 Å². The molecule has 1 unspecified atom stereocenters. The summed E-state index contributed by atoms with van der Waals surface area (Å²) in [5.74, 6) is 2.22. The molecule has 1 N–H and O–H groups in total. The highest BCUT2D eigenvalue weighted by molar-refractivity contribution is 5.67. The summed E-state index contributed by atoms with van der Waals surface area (Å²) in [5, 5.41) is 3.75. The van der Waals surface area contributed by atoms with Crippen LogP contribution in [0.1, 0.15) is 58.1 Å². The van der Waals surface area contributed by atoms with E-state index in [0.29, 0.717) is 12.0 Å². The Labute approximate surface area is 175 Å². The van der Waals surface area contributed by atoms with Crippen LogP contribution in [0.25, 0.3) is 0 Å². The molecule has 29 heavy (non-hydrogen) atoms. The van der Waals surface area contributed by atoms with Crippen LogP contribution >= 0.6 is 0 Å². The Morgan fingerprint density at radius 1 is 1.24 bits per heavy atom. The molecule has 1 spiro atoms. The third-order valence-corrected chi connectivity index (χ3v) is 8.03. The number of aryl methyl sites for hydroxylation is 1. The molecule has 0 aromatic heterocycles. The van der Waals surface area contributed by atoms with Gasteiger partial charge in [-0.25, -0.2) is 0 Å². The first-order chi connectivity index (χ1) is 13.7. The minimum Gasteiger partial charge on any atom is -0.493 e. The van der Waals surface area contributed by atoms with Gasteiger partial charge in [-0.15, -0.1) is 0 Å². The number of hydrogen-bond acceptors (Lipinski definition) is 4. The van der Waals surface area contributed by atoms with Crippen LogP contribution in [0.4, 0.5) is 0 Å². The minimum absolute atomic E-state index is 0.00870. The third kappa shape index (κ3) is 2.28. The van der Waals surface area contributed by atoms with E-state index in [1.165, 1.54) is 11.1 Å². The van der Waals surface area contributed by atoms with Gasteiger partial charge in [0.1, 0.15) is 11.7 Å². The van der Waals surface area contributed by atoms with Gasteiger partial charge in [-0.2, -0.15) is 0 Å². The molecule has 3 aliphatic carbocycles. The van der Waals surface area contributed by atoms with Gasteiger partial charge in [-0.05, 0) is 55.9 Å². The van der Waals surface area contributed by atoms with Crippen molar-refractivity contribution in [2.45, 2.75) is 77.0 Å². The molecule has 0 amide bonds. The van der Waals surface area contributed by atoms with E-state index in [-0.39, 0.29) is 22.5 Å². The van der Waals surface area contributed by atoms with Crippen LogP contribution in [-0.2, 0) is 10.2 Å². The van der Waals surface area contributed by atoms with Gasteiger partial charge in [0.2, 0.25) is 0 Å². The van der Waals surface area contributed by atoms with Crippen molar-refractivity contribution in [1.29, 1.82) is 0 Å². The number of benzene rings is 1. The largest absolute Gasteiger partial charge is 0.493 e. The molecule has 1 saturated heterocycles. The lowest BCUT2D eigenvalue weighted by Crippen LogP contribution is -2.73. The van der Waals surface area contributed by atoms with Crippen molar-refractivity contribution in [2.75, 3.05) is 20.8 Å². The van der Waals surface area contributed by atoms with Gasteiger partial charge >= 0.3 is 0 Å². The lowest BCUT2D eigenvalue weighted by molar-refractivity contribution is -0.185. The monoisotopic (exact) mass is 397 g/mol. The van der Waals surface area contributed by atoms with Gasteiger partial charge in [-0.3, -0.25) is 0 Å². The standard InChI is InChI=1S/C25H35NO3/c1-14-8-9-18(27-6)21-19(14)24-10-11-26-15(2)20(24)16-12-25(28-7,22(24)29-21)17(16)13-23(3,4)5/h8-9,15,17,22,26H,10-13H2,1-7H3/t15-,17+,22?,24-,25-/m1/s1. The summed E-state index contributed by atoms with van der Waals surface area (Å²) in [6.07, 6.45) is 3.17. The predicted molar refractivity (Wildman–Crippen MR) is 115 cm³/mol. The van der Waals surface area contributed by atoms with Crippen molar-refractivity contribution in [3.8, 4) is 11.5 Å². The number of methoxy groups -OCH3 is 2. The van der Waals surface area contributed by atoms with Crippen molar-refractivity contribution >= 4 is 0 Å². The van der Waals surface area contributed by atoms with Crippen LogP contribution in [0.15, 0.2) is 23.3 Å². The number of nitrogens with one attached hydrogen (secondary N) is 1. The van der Waals surface area contributed by atoms with Gasteiger partial charge in [0.05, 0.1) is 12.5 Å². The molecular formula is C25H35NO3. The molecule has 4 heteroatoms. The van der Waals surface area contributed by atoms with E-state index in [9.17, 15) is 0 Å². The maximum atomic E-state index is 6.90. The number of ether oxygens (including phenoxy) is 3. The summed E-state index contributed by atoms with van der Waals surface area (Å²) in [6, 6.07) is 4.61. The number of fused-ring (bicyclic) bond motifs is 1. The summed E-state index contributed by atoms with van der Waals surface area (Å²) in [7, 11) is 3.64. The summed E-state index contributed by atoms with van der Waals surface area (Å²) in [6.45, 7) is 12.6. The maximum absolute atomic E-state index is 6.90. The zero-order valence-electron chi connectivity index (χ0n) is 18.9. The molecule has 0 radical (unpaired) electrons. The molecule has 1 aromatic carbocycles. The summed E-state index contributed by atoms with van der Waals surface area (Å²) < 4.78 is 19.1. The van der Waals surface area contributed by atoms with Gasteiger partial charge in [-0.1, -0.05) is 32.4 Å². The average molecular weight is 398 g/mol. The van der Waals surface area contributed by atoms with E-state index in [2.05, 4.69) is 52.1 Å². The van der Waals surface area contributed by atoms with Gasteiger partial charge in [0.15, 0.2) is 11.5 Å². The van der Waals surface area contributed by atoms with E-state index in [4.69, 9.17) is 14.2 Å². The quantitative estimate of drug-likeness (QED) is 0.761. The molecule has 158 valence electrons. The van der Waals surface area contributed by atoms with Gasteiger partial charge in [0, 0.05) is 31.1 Å². The molecule has 1 saturated carbocycles. The Kier molecular flexibility index (Phi) is 4.03. The Balaban J connectivity index is 1.78. The Bertz CT molecular complexity index is 898. The first kappa shape index (κ1) is 19.4. The van der Waals surface area contributed by atoms with Crippen LogP contribution in [0, 0.1) is 18.3 Å². The van der Waals surface area contributed by atoms with E-state index in [1.807, 2.05) is 7.11 Å². The second-order valence-corrected chi connectivity index (χ2v) is 10.8. The van der Waals surface area contributed by atoms with Crippen molar-refractivity contribution < 1.29 is 14.2 Å². The predicted octanol–water partition coefficient (Wildman–Crippen LogP) is 4.54. The van der Waals surface area contributed by atoms with Crippen LogP contribution in [0.2, 0.25) is 0 Å². The first-order valence-electron chi connectivity index (χ1n) is 11.1. The molecule has 1 aromatic rings. The fourth-order valence-electron chi connectivity index (χ4n) is 7.06. The maximum Gasteiger partial charge on any atom is 0.166 e. The first-order valence-corrected chi connectivity index (χ1v) is 11.1. The van der Waals surface area contributed by atoms with Gasteiger partial charge < -0.3 is 19.5 Å². The number of hydrogen-bond donors (Lipinski definition) is 1. The Morgan fingerprint density at radius 2 is 2.00 bits per heavy atom. The molecule has 5 aliphatic rings. The lowest BCUT2D eigenvalue weighted by Gasteiger charge is -2.65. The molecule has 2 fully saturated rings. The van der Waals surface area contributed by atoms with Gasteiger partial charge in [0.25, 0.3) is 0 Å². The highest BCUT2D eigenvalue weighted by Crippen LogP contribution is 2.70. The highest BCUT2D eigenvalue weighted by atomic mass is 16.6. The lowest BCUT2D eigenvalue weighted by atomic mass is 9.43. The molecule has 5 atom stereocenters. The average Bonchev–Trinajstić information content (AvgIpc) is 3.01. The smallest absolute Gasteiger partial charge is 0.166 e. The molecule has 2 heterocycles. The molecular weight excluding hydrogens is 362 g/mol. The summed E-state index contributed by atoms with van der Waals surface area (Å²) >= 11 is 0. The fourth-order valence-corrected chi connectivity index (χ4v) is 7.06. The molecule has 6 rings (SSSR count). The summed E-state index contributed by atoms with van der Waals surface area (Å²) in [4.78, 5) is 0. The third-order valence-electron chi connectivity index (χ3n) is 8.03. The topological polar surface area (TPSA) is 39.7 Å². The highest BCUT2D eigenvalue weighted by Gasteiger charge is 2.73. The summed E-state index contributed by atoms with van der Waals surface area (Å²) in [5.41, 5.74) is 5.74. The van der Waals surface area contributed by atoms with E-state index in [1.54, 1.807) is 18.3 Å². The van der Waals surface area contributed by atoms with Crippen molar-refractivity contribution in [2.24, 2.45) is 11.3 Å². The Morgan fingerprint density at radius 3 is 2.66 bits per heavy atom. The fraction of sp³-hybridized carbons (Fsp3) is 0.680. The van der Waals surface area contributed by atoms with E-state index < -0.39 is 0 Å². The van der Waals surface area contributed by atoms with E-state index >= 15 is 0 Å². The van der Waals surface area contributed by atoms with Crippen molar-refractivity contribution in [3.63, 3.8) is 0 Å². The Hall–Kier alpha value is -1.52. The van der Waals surface area contributed by atoms with Crippen molar-refractivity contribution in [1.82, 2.24) is 5.32 Å². The molecule has 2 aliphatic heterocycles. The zero-order valence-corrected chi connectivity index (χ0v) is 18.9. The number of rotatable bonds is 3. The van der Waals surface area contributed by atoms with Crippen LogP contribution < -0.4 is 14.8 Å². The normalized spacial score (nSPS) is 37.3. The molecule has 2 bridgehead atoms. The van der Waals surface area contributed by atoms with E-state index in [0.717, 1.165) is 37.3 Å². The van der Waals surface area contributed by atoms with Crippen LogP contribution in [-0.4, -0.2) is 38.5 Å². The zero-order chi connectivity index (χ0) is 20.8.